The zero-order valence-corrected chi connectivity index (χ0v) is 18.3. The van der Waals surface area contributed by atoms with Crippen LogP contribution in [0.5, 0.6) is 0 Å². The Labute approximate surface area is 181 Å². The second-order valence-electron chi connectivity index (χ2n) is 8.38. The van der Waals surface area contributed by atoms with Crippen LogP contribution < -0.4 is 10.2 Å². The Kier molecular flexibility index (Phi) is 5.79. The molecule has 164 valence electrons. The molecule has 7 nitrogen and oxygen atoms in total. The van der Waals surface area contributed by atoms with E-state index in [1.807, 2.05) is 30.3 Å². The van der Waals surface area contributed by atoms with E-state index < -0.39 is 26.9 Å². The fourth-order valence-electron chi connectivity index (χ4n) is 3.63. The lowest BCUT2D eigenvalue weighted by Gasteiger charge is -2.38. The summed E-state index contributed by atoms with van der Waals surface area (Å²) < 4.78 is 36.9. The lowest BCUT2D eigenvalue weighted by Crippen LogP contribution is -2.46. The second-order valence-corrected chi connectivity index (χ2v) is 10.3. The first-order valence-electron chi connectivity index (χ1n) is 10.3. The summed E-state index contributed by atoms with van der Waals surface area (Å²) in [4.78, 5) is 24.1. The number of nitrogens with zero attached hydrogens (tertiary/aromatic N) is 3. The van der Waals surface area contributed by atoms with Crippen LogP contribution in [0, 0.1) is 11.8 Å². The molecule has 0 unspecified atom stereocenters. The van der Waals surface area contributed by atoms with Crippen molar-refractivity contribution in [1.29, 1.82) is 0 Å². The first kappa shape index (κ1) is 21.4. The molecule has 1 aliphatic carbocycles. The molecule has 2 aliphatic rings. The number of rotatable bonds is 7. The molecule has 1 saturated carbocycles. The molecule has 1 aliphatic heterocycles. The maximum absolute atomic E-state index is 14.0. The van der Waals surface area contributed by atoms with Gasteiger partial charge in [0.2, 0.25) is 15.0 Å². The highest BCUT2D eigenvalue weighted by molar-refractivity contribution is 7.94. The maximum Gasteiger partial charge on any atom is 0.271 e. The van der Waals surface area contributed by atoms with Crippen LogP contribution in [0.2, 0.25) is 0 Å². The molecular formula is C22H25FN4O3S. The average Bonchev–Trinajstić information content (AvgIpc) is 3.56. The van der Waals surface area contributed by atoms with Gasteiger partial charge in [0, 0.05) is 24.9 Å². The highest BCUT2D eigenvalue weighted by Crippen LogP contribution is 2.35. The second kappa shape index (κ2) is 8.37. The van der Waals surface area contributed by atoms with E-state index in [-0.39, 0.29) is 11.6 Å². The molecule has 31 heavy (non-hydrogen) atoms. The molecule has 0 radical (unpaired) electrons. The molecule has 1 amide bonds. The van der Waals surface area contributed by atoms with Gasteiger partial charge in [0.25, 0.3) is 5.91 Å². The Morgan fingerprint density at radius 2 is 1.94 bits per heavy atom. The number of carbonyl (C=O) groups is 1. The van der Waals surface area contributed by atoms with E-state index >= 15 is 0 Å². The monoisotopic (exact) mass is 444 g/mol. The Morgan fingerprint density at radius 1 is 1.26 bits per heavy atom. The van der Waals surface area contributed by atoms with Crippen molar-refractivity contribution in [3.63, 3.8) is 0 Å². The fraction of sp³-hybridized carbons (Fsp3) is 0.409. The summed E-state index contributed by atoms with van der Waals surface area (Å²) in [7, 11) is -3.95. The summed E-state index contributed by atoms with van der Waals surface area (Å²) in [5.41, 5.74) is 1.57. The van der Waals surface area contributed by atoms with Crippen LogP contribution in [-0.2, 0) is 9.84 Å². The molecular weight excluding hydrogens is 419 g/mol. The number of aromatic nitrogens is 2. The molecule has 1 N–H and O–H groups in total. The Morgan fingerprint density at radius 3 is 2.52 bits per heavy atom. The van der Waals surface area contributed by atoms with Crippen molar-refractivity contribution in [3.8, 4) is 11.3 Å². The van der Waals surface area contributed by atoms with Gasteiger partial charge in [0.05, 0.1) is 12.2 Å². The number of sulfone groups is 1. The number of hydrogen-bond acceptors (Lipinski definition) is 6. The number of halogens is 1. The molecule has 1 atom stereocenters. The summed E-state index contributed by atoms with van der Waals surface area (Å²) in [6.07, 6.45) is 4.79. The van der Waals surface area contributed by atoms with Crippen molar-refractivity contribution in [1.82, 2.24) is 15.3 Å². The topological polar surface area (TPSA) is 92.3 Å². The number of nitrogens with one attached hydrogen (secondary N) is 1. The fourth-order valence-corrected chi connectivity index (χ4v) is 4.02. The molecule has 0 bridgehead atoms. The van der Waals surface area contributed by atoms with Gasteiger partial charge in [-0.25, -0.2) is 18.4 Å². The Bertz CT molecular complexity index is 1110. The van der Waals surface area contributed by atoms with E-state index in [0.717, 1.165) is 49.6 Å². The summed E-state index contributed by atoms with van der Waals surface area (Å²) in [6, 6.07) is 8.81. The summed E-state index contributed by atoms with van der Waals surface area (Å²) in [6.45, 7) is 3.91. The number of anilines is 1. The highest BCUT2D eigenvalue weighted by atomic mass is 32.2. The predicted molar refractivity (Wildman–Crippen MR) is 117 cm³/mol. The lowest BCUT2D eigenvalue weighted by molar-refractivity contribution is 0.0935. The van der Waals surface area contributed by atoms with Crippen molar-refractivity contribution >= 4 is 21.6 Å². The van der Waals surface area contributed by atoms with Crippen LogP contribution in [0.1, 0.15) is 30.3 Å². The van der Waals surface area contributed by atoms with Gasteiger partial charge in [0.15, 0.2) is 5.82 Å². The average molecular weight is 445 g/mol. The molecule has 2 aromatic rings. The normalized spacial score (nSPS) is 18.4. The number of benzene rings is 1. The molecule has 2 fully saturated rings. The maximum atomic E-state index is 14.0. The predicted octanol–water partition coefficient (Wildman–Crippen LogP) is 2.96. The molecule has 1 aromatic carbocycles. The molecule has 2 heterocycles. The highest BCUT2D eigenvalue weighted by Gasteiger charge is 2.33. The third kappa shape index (κ3) is 4.92. The van der Waals surface area contributed by atoms with Crippen LogP contribution in [0.3, 0.4) is 0 Å². The van der Waals surface area contributed by atoms with E-state index in [1.54, 1.807) is 0 Å². The van der Waals surface area contributed by atoms with Crippen LogP contribution in [0.4, 0.5) is 10.2 Å². The first-order valence-corrected chi connectivity index (χ1v) is 12.2. The molecule has 1 aromatic heterocycles. The van der Waals surface area contributed by atoms with Gasteiger partial charge in [0.1, 0.15) is 11.4 Å². The number of amides is 1. The summed E-state index contributed by atoms with van der Waals surface area (Å²) >= 11 is 0. The van der Waals surface area contributed by atoms with E-state index in [2.05, 4.69) is 27.1 Å². The standard InChI is InChI=1S/C22H25FN4O3S/c1-14-12-27(13-14)21-20(16-6-4-3-5-7-16)25-18(11-24-21)22(28)26-17(15-8-9-15)10-19(23)31(2,29)30/h3-7,10-11,14-15,17H,8-9,12-13H2,1-2H3,(H,26,28)/b19-10+/t17-/m1/s1. The van der Waals surface area contributed by atoms with Crippen LogP contribution in [-0.4, -0.2) is 49.7 Å². The van der Waals surface area contributed by atoms with Gasteiger partial charge in [-0.15, -0.1) is 0 Å². The largest absolute Gasteiger partial charge is 0.354 e. The van der Waals surface area contributed by atoms with Gasteiger partial charge in [-0.05, 0) is 30.8 Å². The minimum Gasteiger partial charge on any atom is -0.354 e. The van der Waals surface area contributed by atoms with Crippen LogP contribution >= 0.6 is 0 Å². The Hall–Kier alpha value is -2.81. The van der Waals surface area contributed by atoms with E-state index in [9.17, 15) is 17.6 Å². The van der Waals surface area contributed by atoms with Crippen molar-refractivity contribution in [2.24, 2.45) is 11.8 Å². The van der Waals surface area contributed by atoms with Crippen LogP contribution in [0.25, 0.3) is 11.3 Å². The third-order valence-electron chi connectivity index (χ3n) is 5.49. The third-order valence-corrected chi connectivity index (χ3v) is 6.33. The number of carbonyl (C=O) groups excluding carboxylic acids is 1. The van der Waals surface area contributed by atoms with E-state index in [0.29, 0.717) is 11.6 Å². The quantitative estimate of drug-likeness (QED) is 0.706. The molecule has 4 rings (SSSR count). The molecule has 0 spiro atoms. The van der Waals surface area contributed by atoms with Gasteiger partial charge < -0.3 is 10.2 Å². The smallest absolute Gasteiger partial charge is 0.271 e. The Balaban J connectivity index is 1.62. The summed E-state index contributed by atoms with van der Waals surface area (Å²) in [5.74, 6) is 0.800. The molecule has 1 saturated heterocycles. The van der Waals surface area contributed by atoms with Crippen LogP contribution in [0.15, 0.2) is 47.8 Å². The van der Waals surface area contributed by atoms with E-state index in [1.165, 1.54) is 6.20 Å². The summed E-state index contributed by atoms with van der Waals surface area (Å²) in [5, 5.41) is 1.49. The minimum absolute atomic E-state index is 0.0138. The number of hydrogen-bond donors (Lipinski definition) is 1. The zero-order chi connectivity index (χ0) is 22.2. The van der Waals surface area contributed by atoms with Crippen molar-refractivity contribution in [2.75, 3.05) is 24.2 Å². The SMILES string of the molecule is CC1CN(c2ncc(C(=O)N[C@H](/C=C(\F)S(C)(=O)=O)C3CC3)nc2-c2ccccc2)C1. The first-order chi connectivity index (χ1) is 14.7. The van der Waals surface area contributed by atoms with Crippen molar-refractivity contribution < 1.29 is 17.6 Å². The zero-order valence-electron chi connectivity index (χ0n) is 17.5. The molecule has 9 heteroatoms. The van der Waals surface area contributed by atoms with Crippen molar-refractivity contribution in [2.45, 2.75) is 25.8 Å². The van der Waals surface area contributed by atoms with Gasteiger partial charge in [-0.2, -0.15) is 4.39 Å². The minimum atomic E-state index is -3.95. The van der Waals surface area contributed by atoms with Gasteiger partial charge in [-0.1, -0.05) is 37.3 Å². The van der Waals surface area contributed by atoms with Gasteiger partial charge >= 0.3 is 0 Å². The lowest BCUT2D eigenvalue weighted by atomic mass is 10.0. The van der Waals surface area contributed by atoms with Crippen molar-refractivity contribution in [3.05, 3.63) is 53.5 Å². The van der Waals surface area contributed by atoms with E-state index in [4.69, 9.17) is 0 Å². The van der Waals surface area contributed by atoms with Gasteiger partial charge in [-0.3, -0.25) is 4.79 Å².